The molecule has 4 rings (SSSR count). The molecule has 0 aliphatic carbocycles. The van der Waals surface area contributed by atoms with Crippen molar-refractivity contribution in [3.05, 3.63) is 46.8 Å². The van der Waals surface area contributed by atoms with Crippen molar-refractivity contribution in [2.75, 3.05) is 25.0 Å². The molecule has 144 valence electrons. The number of fused-ring (bicyclic) bond motifs is 1. The monoisotopic (exact) mass is 367 g/mol. The summed E-state index contributed by atoms with van der Waals surface area (Å²) in [5, 5.41) is 7.80. The van der Waals surface area contributed by atoms with Gasteiger partial charge in [-0.05, 0) is 56.5 Å². The minimum atomic E-state index is -0.0350. The van der Waals surface area contributed by atoms with Gasteiger partial charge in [0.15, 0.2) is 0 Å². The van der Waals surface area contributed by atoms with Crippen LogP contribution in [0.3, 0.4) is 0 Å². The van der Waals surface area contributed by atoms with Gasteiger partial charge in [0.25, 0.3) is 0 Å². The molecule has 0 atom stereocenters. The number of urea groups is 1. The molecule has 1 saturated heterocycles. The number of nitrogens with zero attached hydrogens (tertiary/aromatic N) is 4. The van der Waals surface area contributed by atoms with Crippen LogP contribution in [-0.4, -0.2) is 45.2 Å². The maximum absolute atomic E-state index is 12.7. The summed E-state index contributed by atoms with van der Waals surface area (Å²) in [6.07, 6.45) is 4.47. The van der Waals surface area contributed by atoms with Crippen molar-refractivity contribution in [1.29, 1.82) is 0 Å². The largest absolute Gasteiger partial charge is 0.322 e. The number of hydrogen-bond donors (Lipinski definition) is 1. The molecule has 6 nitrogen and oxygen atoms in total. The van der Waals surface area contributed by atoms with Crippen LogP contribution in [0.15, 0.2) is 24.3 Å². The van der Waals surface area contributed by atoms with E-state index in [0.717, 1.165) is 31.6 Å². The second-order valence-corrected chi connectivity index (χ2v) is 7.63. The number of hydrogen-bond acceptors (Lipinski definition) is 3. The van der Waals surface area contributed by atoms with Gasteiger partial charge in [0.2, 0.25) is 0 Å². The minimum absolute atomic E-state index is 0.0350. The number of amides is 2. The lowest BCUT2D eigenvalue weighted by Crippen LogP contribution is -2.39. The zero-order valence-corrected chi connectivity index (χ0v) is 16.4. The van der Waals surface area contributed by atoms with E-state index in [1.165, 1.54) is 48.4 Å². The summed E-state index contributed by atoms with van der Waals surface area (Å²) in [4.78, 5) is 17.1. The summed E-state index contributed by atoms with van der Waals surface area (Å²) in [7, 11) is 2.00. The third-order valence-electron chi connectivity index (χ3n) is 5.80. The first kappa shape index (κ1) is 18.0. The Labute approximate surface area is 161 Å². The highest BCUT2D eigenvalue weighted by Gasteiger charge is 2.27. The summed E-state index contributed by atoms with van der Waals surface area (Å²) in [5.74, 6) is 0. The molecule has 6 heteroatoms. The highest BCUT2D eigenvalue weighted by Crippen LogP contribution is 2.25. The average Bonchev–Trinajstić information content (AvgIpc) is 3.31. The molecule has 2 aromatic rings. The van der Waals surface area contributed by atoms with Gasteiger partial charge in [-0.25, -0.2) is 4.79 Å². The number of benzene rings is 1. The molecule has 3 heterocycles. The van der Waals surface area contributed by atoms with Crippen molar-refractivity contribution in [3.8, 4) is 0 Å². The van der Waals surface area contributed by atoms with Crippen LogP contribution in [0, 0.1) is 0 Å². The molecule has 2 aliphatic rings. The molecule has 0 unspecified atom stereocenters. The summed E-state index contributed by atoms with van der Waals surface area (Å²) in [6.45, 7) is 6.79. The van der Waals surface area contributed by atoms with Crippen LogP contribution in [0.2, 0.25) is 0 Å². The lowest BCUT2D eigenvalue weighted by Gasteiger charge is -2.28. The van der Waals surface area contributed by atoms with Gasteiger partial charge in [-0.15, -0.1) is 0 Å². The average molecular weight is 367 g/mol. The lowest BCUT2D eigenvalue weighted by molar-refractivity contribution is 0.204. The number of aryl methyl sites for hydroxylation is 2. The summed E-state index contributed by atoms with van der Waals surface area (Å²) < 4.78 is 1.97. The van der Waals surface area contributed by atoms with Gasteiger partial charge in [-0.1, -0.05) is 19.1 Å². The second-order valence-electron chi connectivity index (χ2n) is 7.63. The predicted octanol–water partition coefficient (Wildman–Crippen LogP) is 3.17. The van der Waals surface area contributed by atoms with E-state index in [0.29, 0.717) is 6.54 Å². The molecular weight excluding hydrogens is 338 g/mol. The van der Waals surface area contributed by atoms with Crippen LogP contribution in [-0.2, 0) is 33.0 Å². The number of likely N-dealkylation sites (tertiary alicyclic amines) is 1. The number of aromatic nitrogens is 2. The Morgan fingerprint density at radius 3 is 2.59 bits per heavy atom. The maximum atomic E-state index is 12.7. The molecule has 1 fully saturated rings. The van der Waals surface area contributed by atoms with Gasteiger partial charge in [0.1, 0.15) is 0 Å². The maximum Gasteiger partial charge on any atom is 0.322 e. The Morgan fingerprint density at radius 1 is 1.15 bits per heavy atom. The zero-order valence-electron chi connectivity index (χ0n) is 16.4. The molecule has 1 N–H and O–H groups in total. The fraction of sp³-hybridized carbons (Fsp3) is 0.524. The van der Waals surface area contributed by atoms with Crippen molar-refractivity contribution in [3.63, 3.8) is 0 Å². The fourth-order valence-corrected chi connectivity index (χ4v) is 4.14. The van der Waals surface area contributed by atoms with Crippen LogP contribution in [0.1, 0.15) is 42.3 Å². The van der Waals surface area contributed by atoms with Crippen molar-refractivity contribution in [2.24, 2.45) is 7.05 Å². The molecule has 0 spiro atoms. The van der Waals surface area contributed by atoms with Crippen molar-refractivity contribution < 1.29 is 4.79 Å². The van der Waals surface area contributed by atoms with E-state index in [2.05, 4.69) is 29.3 Å². The number of carbonyl (C=O) groups excluding carboxylic acids is 1. The molecule has 0 saturated carbocycles. The molecule has 1 aromatic heterocycles. The van der Waals surface area contributed by atoms with E-state index in [-0.39, 0.29) is 6.03 Å². The molecule has 2 aliphatic heterocycles. The topological polar surface area (TPSA) is 53.4 Å². The highest BCUT2D eigenvalue weighted by atomic mass is 16.2. The van der Waals surface area contributed by atoms with Gasteiger partial charge in [-0.2, -0.15) is 5.10 Å². The van der Waals surface area contributed by atoms with E-state index in [4.69, 9.17) is 5.10 Å². The smallest absolute Gasteiger partial charge is 0.318 e. The Morgan fingerprint density at radius 2 is 1.89 bits per heavy atom. The Kier molecular flexibility index (Phi) is 5.16. The highest BCUT2D eigenvalue weighted by molar-refractivity contribution is 5.89. The second kappa shape index (κ2) is 7.72. The Hall–Kier alpha value is -2.34. The third kappa shape index (κ3) is 3.86. The van der Waals surface area contributed by atoms with E-state index in [1.54, 1.807) is 0 Å². The molecule has 1 aromatic carbocycles. The van der Waals surface area contributed by atoms with Crippen molar-refractivity contribution >= 4 is 11.7 Å². The van der Waals surface area contributed by atoms with Crippen molar-refractivity contribution in [2.45, 2.75) is 45.7 Å². The fourth-order valence-electron chi connectivity index (χ4n) is 4.14. The van der Waals surface area contributed by atoms with Gasteiger partial charge in [0.05, 0.1) is 17.9 Å². The number of rotatable bonds is 4. The number of nitrogens with one attached hydrogen (secondary N) is 1. The first-order valence-corrected chi connectivity index (χ1v) is 10.0. The molecule has 27 heavy (non-hydrogen) atoms. The molecule has 0 radical (unpaired) electrons. The first-order chi connectivity index (χ1) is 13.1. The van der Waals surface area contributed by atoms with E-state index in [1.807, 2.05) is 28.8 Å². The Balaban J connectivity index is 1.42. The summed E-state index contributed by atoms with van der Waals surface area (Å²) in [5.41, 5.74) is 5.84. The third-order valence-corrected chi connectivity index (χ3v) is 5.80. The standard InChI is InChI=1S/C21H29N5O/c1-3-16-6-8-17(9-7-16)22-21(27)26-13-10-18-19(14-25-11-4-5-12-25)23-24(2)20(18)15-26/h6-9H,3-5,10-15H2,1-2H3,(H,22,27). The van der Waals surface area contributed by atoms with Crippen LogP contribution < -0.4 is 5.32 Å². The van der Waals surface area contributed by atoms with E-state index in [9.17, 15) is 4.79 Å². The Bertz CT molecular complexity index is 805. The minimum Gasteiger partial charge on any atom is -0.318 e. The summed E-state index contributed by atoms with van der Waals surface area (Å²) >= 11 is 0. The van der Waals surface area contributed by atoms with Crippen LogP contribution in [0.25, 0.3) is 0 Å². The number of carbonyl (C=O) groups is 1. The summed E-state index contributed by atoms with van der Waals surface area (Å²) in [6, 6.07) is 8.05. The zero-order chi connectivity index (χ0) is 18.8. The van der Waals surface area contributed by atoms with Crippen LogP contribution >= 0.6 is 0 Å². The normalized spacial score (nSPS) is 17.2. The van der Waals surface area contributed by atoms with Crippen LogP contribution in [0.4, 0.5) is 10.5 Å². The van der Waals surface area contributed by atoms with Gasteiger partial charge in [-0.3, -0.25) is 9.58 Å². The van der Waals surface area contributed by atoms with Gasteiger partial charge in [0, 0.05) is 31.4 Å². The quantitative estimate of drug-likeness (QED) is 0.903. The van der Waals surface area contributed by atoms with E-state index >= 15 is 0 Å². The van der Waals surface area contributed by atoms with Crippen LogP contribution in [0.5, 0.6) is 0 Å². The van der Waals surface area contributed by atoms with Gasteiger partial charge >= 0.3 is 6.03 Å². The van der Waals surface area contributed by atoms with E-state index < -0.39 is 0 Å². The van der Waals surface area contributed by atoms with Crippen molar-refractivity contribution in [1.82, 2.24) is 19.6 Å². The molecule has 0 bridgehead atoms. The predicted molar refractivity (Wildman–Crippen MR) is 107 cm³/mol. The lowest BCUT2D eigenvalue weighted by atomic mass is 10.0. The van der Waals surface area contributed by atoms with Gasteiger partial charge < -0.3 is 10.2 Å². The molecule has 2 amide bonds. The first-order valence-electron chi connectivity index (χ1n) is 10.0. The SMILES string of the molecule is CCc1ccc(NC(=O)N2CCc3c(CN4CCCC4)nn(C)c3C2)cc1. The molecular formula is C21H29N5O. The number of anilines is 1.